The maximum atomic E-state index is 12.0. The minimum atomic E-state index is -0.974. The third kappa shape index (κ3) is 3.47. The summed E-state index contributed by atoms with van der Waals surface area (Å²) in [6.07, 6.45) is 0. The third-order valence-corrected chi connectivity index (χ3v) is 4.72. The molecule has 0 bridgehead atoms. The number of hydrogen-bond donors (Lipinski definition) is 0. The summed E-state index contributed by atoms with van der Waals surface area (Å²) >= 11 is 0. The van der Waals surface area contributed by atoms with Gasteiger partial charge in [0.1, 0.15) is 13.2 Å². The summed E-state index contributed by atoms with van der Waals surface area (Å²) in [5.74, 6) is -2.02. The van der Waals surface area contributed by atoms with Crippen LogP contribution >= 0.6 is 0 Å². The fourth-order valence-corrected chi connectivity index (χ4v) is 3.44. The Morgan fingerprint density at radius 3 is 1.81 bits per heavy atom. The van der Waals surface area contributed by atoms with Crippen LogP contribution in [-0.4, -0.2) is 18.5 Å². The minimum absolute atomic E-state index is 0.0455. The van der Waals surface area contributed by atoms with Crippen molar-refractivity contribution in [3.8, 4) is 11.1 Å². The van der Waals surface area contributed by atoms with Crippen molar-refractivity contribution in [2.45, 2.75) is 12.5 Å². The molecule has 0 saturated carbocycles. The lowest BCUT2D eigenvalue weighted by atomic mass is 9.98. The van der Waals surface area contributed by atoms with Gasteiger partial charge in [0.15, 0.2) is 0 Å². The molecule has 4 heteroatoms. The molecule has 0 fully saturated rings. The molecule has 3 aromatic rings. The second-order valence-corrected chi connectivity index (χ2v) is 6.39. The van der Waals surface area contributed by atoms with E-state index in [1.165, 1.54) is 0 Å². The van der Waals surface area contributed by atoms with Gasteiger partial charge in [0.2, 0.25) is 0 Å². The molecule has 27 heavy (non-hydrogen) atoms. The van der Waals surface area contributed by atoms with Crippen molar-refractivity contribution in [2.75, 3.05) is 6.61 Å². The van der Waals surface area contributed by atoms with Crippen molar-refractivity contribution in [3.05, 3.63) is 95.6 Å². The van der Waals surface area contributed by atoms with Crippen LogP contribution in [0, 0.1) is 0 Å². The van der Waals surface area contributed by atoms with E-state index in [1.54, 1.807) is 0 Å². The molecule has 1 aliphatic carbocycles. The maximum Gasteiger partial charge on any atom is 0.417 e. The van der Waals surface area contributed by atoms with Gasteiger partial charge >= 0.3 is 11.9 Å². The number of ether oxygens (including phenoxy) is 2. The van der Waals surface area contributed by atoms with Crippen LogP contribution in [0.1, 0.15) is 22.6 Å². The van der Waals surface area contributed by atoms with Crippen molar-refractivity contribution in [3.63, 3.8) is 0 Å². The molecule has 0 heterocycles. The molecule has 0 spiro atoms. The molecule has 1 aliphatic rings. The SMILES string of the molecule is O=C(OCc1ccccc1)C(=O)OCC1c2ccccc2-c2ccccc21. The zero-order valence-corrected chi connectivity index (χ0v) is 14.6. The summed E-state index contributed by atoms with van der Waals surface area (Å²) in [6.45, 7) is 0.150. The number of carbonyl (C=O) groups is 2. The van der Waals surface area contributed by atoms with Crippen molar-refractivity contribution in [1.82, 2.24) is 0 Å². The number of benzene rings is 3. The summed E-state index contributed by atoms with van der Waals surface area (Å²) in [6, 6.07) is 25.3. The normalized spacial score (nSPS) is 12.1. The summed E-state index contributed by atoms with van der Waals surface area (Å²) in [5.41, 5.74) is 5.30. The van der Waals surface area contributed by atoms with Gasteiger partial charge in [0.25, 0.3) is 0 Å². The Morgan fingerprint density at radius 1 is 0.667 bits per heavy atom. The second kappa shape index (κ2) is 7.46. The standard InChI is InChI=1S/C23H18O4/c24-22(26-14-16-8-2-1-3-9-16)23(25)27-15-21-19-12-6-4-10-17(19)18-11-5-7-13-20(18)21/h1-13,21H,14-15H2. The summed E-state index contributed by atoms with van der Waals surface area (Å²) in [5, 5.41) is 0. The quantitative estimate of drug-likeness (QED) is 0.521. The van der Waals surface area contributed by atoms with Crippen molar-refractivity contribution < 1.29 is 19.1 Å². The Labute approximate surface area is 157 Å². The third-order valence-electron chi connectivity index (χ3n) is 4.72. The first-order valence-corrected chi connectivity index (χ1v) is 8.80. The van der Waals surface area contributed by atoms with E-state index >= 15 is 0 Å². The van der Waals surface area contributed by atoms with Gasteiger partial charge in [0, 0.05) is 5.92 Å². The van der Waals surface area contributed by atoms with Gasteiger partial charge in [-0.3, -0.25) is 0 Å². The van der Waals surface area contributed by atoms with Gasteiger partial charge in [-0.15, -0.1) is 0 Å². The zero-order chi connectivity index (χ0) is 18.6. The van der Waals surface area contributed by atoms with Crippen LogP contribution in [0.4, 0.5) is 0 Å². The fourth-order valence-electron chi connectivity index (χ4n) is 3.44. The molecular weight excluding hydrogens is 340 g/mol. The van der Waals surface area contributed by atoms with E-state index in [1.807, 2.05) is 66.7 Å². The van der Waals surface area contributed by atoms with E-state index in [-0.39, 0.29) is 19.1 Å². The van der Waals surface area contributed by atoms with Gasteiger partial charge in [-0.1, -0.05) is 78.9 Å². The number of carbonyl (C=O) groups excluding carboxylic acids is 2. The van der Waals surface area contributed by atoms with Crippen LogP contribution < -0.4 is 0 Å². The van der Waals surface area contributed by atoms with Crippen molar-refractivity contribution in [1.29, 1.82) is 0 Å². The highest BCUT2D eigenvalue weighted by Crippen LogP contribution is 2.44. The molecule has 0 unspecified atom stereocenters. The largest absolute Gasteiger partial charge is 0.456 e. The van der Waals surface area contributed by atoms with Gasteiger partial charge in [-0.25, -0.2) is 9.59 Å². The van der Waals surface area contributed by atoms with Gasteiger partial charge in [0.05, 0.1) is 0 Å². The molecule has 134 valence electrons. The number of rotatable bonds is 4. The molecule has 0 atom stereocenters. The molecule has 0 saturated heterocycles. The zero-order valence-electron chi connectivity index (χ0n) is 14.6. The smallest absolute Gasteiger partial charge is 0.417 e. The average Bonchev–Trinajstić information content (AvgIpc) is 3.05. The molecule has 3 aromatic carbocycles. The highest BCUT2D eigenvalue weighted by Gasteiger charge is 2.30. The number of fused-ring (bicyclic) bond motifs is 3. The molecule has 0 amide bonds. The highest BCUT2D eigenvalue weighted by molar-refractivity contribution is 6.29. The van der Waals surface area contributed by atoms with Crippen LogP contribution in [-0.2, 0) is 25.7 Å². The molecule has 0 aliphatic heterocycles. The van der Waals surface area contributed by atoms with Crippen LogP contribution in [0.25, 0.3) is 11.1 Å². The van der Waals surface area contributed by atoms with E-state index in [0.29, 0.717) is 0 Å². The molecule has 4 nitrogen and oxygen atoms in total. The predicted molar refractivity (Wildman–Crippen MR) is 101 cm³/mol. The van der Waals surface area contributed by atoms with Crippen LogP contribution in [0.3, 0.4) is 0 Å². The van der Waals surface area contributed by atoms with Gasteiger partial charge in [-0.05, 0) is 27.8 Å². The molecule has 0 radical (unpaired) electrons. The lowest BCUT2D eigenvalue weighted by Crippen LogP contribution is -2.22. The molecular formula is C23H18O4. The lowest BCUT2D eigenvalue weighted by molar-refractivity contribution is -0.168. The first-order valence-electron chi connectivity index (χ1n) is 8.80. The topological polar surface area (TPSA) is 52.6 Å². The highest BCUT2D eigenvalue weighted by atomic mass is 16.6. The van der Waals surface area contributed by atoms with Crippen molar-refractivity contribution in [2.24, 2.45) is 0 Å². The van der Waals surface area contributed by atoms with E-state index < -0.39 is 11.9 Å². The molecule has 0 aromatic heterocycles. The van der Waals surface area contributed by atoms with E-state index in [0.717, 1.165) is 27.8 Å². The van der Waals surface area contributed by atoms with E-state index in [2.05, 4.69) is 12.1 Å². The van der Waals surface area contributed by atoms with Crippen molar-refractivity contribution >= 4 is 11.9 Å². The Morgan fingerprint density at radius 2 is 1.19 bits per heavy atom. The van der Waals surface area contributed by atoms with Gasteiger partial charge in [-0.2, -0.15) is 0 Å². The number of esters is 2. The van der Waals surface area contributed by atoms with E-state index in [9.17, 15) is 9.59 Å². The Kier molecular flexibility index (Phi) is 4.71. The first-order chi connectivity index (χ1) is 13.2. The number of hydrogen-bond acceptors (Lipinski definition) is 4. The van der Waals surface area contributed by atoms with Crippen LogP contribution in [0.5, 0.6) is 0 Å². The first kappa shape index (κ1) is 17.0. The Bertz CT molecular complexity index is 933. The van der Waals surface area contributed by atoms with Gasteiger partial charge < -0.3 is 9.47 Å². The predicted octanol–water partition coefficient (Wildman–Crippen LogP) is 4.09. The monoisotopic (exact) mass is 358 g/mol. The van der Waals surface area contributed by atoms with E-state index in [4.69, 9.17) is 9.47 Å². The molecule has 0 N–H and O–H groups in total. The lowest BCUT2D eigenvalue weighted by Gasteiger charge is -2.13. The Balaban J connectivity index is 1.41. The Hall–Kier alpha value is -3.40. The second-order valence-electron chi connectivity index (χ2n) is 6.39. The summed E-state index contributed by atoms with van der Waals surface area (Å²) < 4.78 is 10.3. The minimum Gasteiger partial charge on any atom is -0.456 e. The summed E-state index contributed by atoms with van der Waals surface area (Å²) in [7, 11) is 0. The fraction of sp³-hybridized carbons (Fsp3) is 0.130. The average molecular weight is 358 g/mol. The van der Waals surface area contributed by atoms with Crippen LogP contribution in [0.2, 0.25) is 0 Å². The van der Waals surface area contributed by atoms with Crippen LogP contribution in [0.15, 0.2) is 78.9 Å². The molecule has 4 rings (SSSR count). The maximum absolute atomic E-state index is 12.0. The summed E-state index contributed by atoms with van der Waals surface area (Å²) in [4.78, 5) is 24.0.